The van der Waals surface area contributed by atoms with Gasteiger partial charge in [0.1, 0.15) is 5.15 Å². The molecule has 5 heteroatoms. The van der Waals surface area contributed by atoms with Gasteiger partial charge in [0.15, 0.2) is 5.78 Å². The van der Waals surface area contributed by atoms with Gasteiger partial charge in [-0.1, -0.05) is 23.2 Å². The van der Waals surface area contributed by atoms with Crippen LogP contribution in [-0.4, -0.2) is 15.6 Å². The molecule has 0 N–H and O–H groups in total. The zero-order valence-electron chi connectivity index (χ0n) is 10.1. The van der Waals surface area contributed by atoms with Crippen LogP contribution in [0, 0.1) is 6.92 Å². The fourth-order valence-electron chi connectivity index (χ4n) is 1.77. The molecule has 0 radical (unpaired) electrons. The predicted octanol–water partition coefficient (Wildman–Crippen LogP) is 3.46. The van der Waals surface area contributed by atoms with Gasteiger partial charge in [0, 0.05) is 29.6 Å². The molecule has 2 aromatic rings. The number of hydrogen-bond acceptors (Lipinski definition) is 2. The third kappa shape index (κ3) is 2.57. The van der Waals surface area contributed by atoms with E-state index in [1.165, 1.54) is 0 Å². The largest absolute Gasteiger partial charge is 0.294 e. The Morgan fingerprint density at radius 2 is 1.89 bits per heavy atom. The maximum atomic E-state index is 12.1. The maximum absolute atomic E-state index is 12.1. The summed E-state index contributed by atoms with van der Waals surface area (Å²) in [6.45, 7) is 1.84. The quantitative estimate of drug-likeness (QED) is 0.808. The van der Waals surface area contributed by atoms with Crippen molar-refractivity contribution in [2.45, 2.75) is 13.3 Å². The molecule has 18 heavy (non-hydrogen) atoms. The van der Waals surface area contributed by atoms with Gasteiger partial charge >= 0.3 is 0 Å². The summed E-state index contributed by atoms with van der Waals surface area (Å²) < 4.78 is 1.57. The van der Waals surface area contributed by atoms with Crippen molar-refractivity contribution in [3.8, 4) is 0 Å². The van der Waals surface area contributed by atoms with Gasteiger partial charge in [-0.25, -0.2) is 0 Å². The first-order valence-electron chi connectivity index (χ1n) is 5.45. The van der Waals surface area contributed by atoms with Crippen LogP contribution >= 0.6 is 23.2 Å². The minimum atomic E-state index is 0.00432. The maximum Gasteiger partial charge on any atom is 0.167 e. The lowest BCUT2D eigenvalue weighted by Crippen LogP contribution is -2.04. The number of ketones is 1. The van der Waals surface area contributed by atoms with E-state index in [1.807, 2.05) is 6.92 Å². The summed E-state index contributed by atoms with van der Waals surface area (Å²) in [4.78, 5) is 12.1. The zero-order chi connectivity index (χ0) is 13.3. The SMILES string of the molecule is Cc1nn(C)c(Cl)c1CC(=O)c1ccc(Cl)cc1. The summed E-state index contributed by atoms with van der Waals surface area (Å²) in [5.41, 5.74) is 2.18. The molecule has 0 aliphatic carbocycles. The van der Waals surface area contributed by atoms with E-state index >= 15 is 0 Å². The van der Waals surface area contributed by atoms with Crippen molar-refractivity contribution in [2.24, 2.45) is 7.05 Å². The number of nitrogens with zero attached hydrogens (tertiary/aromatic N) is 2. The first-order chi connectivity index (χ1) is 8.49. The predicted molar refractivity (Wildman–Crippen MR) is 72.4 cm³/mol. The van der Waals surface area contributed by atoms with Gasteiger partial charge in [-0.15, -0.1) is 0 Å². The molecular weight excluding hydrogens is 271 g/mol. The van der Waals surface area contributed by atoms with Crippen molar-refractivity contribution in [3.63, 3.8) is 0 Å². The molecule has 0 saturated heterocycles. The Morgan fingerprint density at radius 3 is 2.39 bits per heavy atom. The Bertz CT molecular complexity index is 588. The third-order valence-corrected chi connectivity index (χ3v) is 3.50. The van der Waals surface area contributed by atoms with Crippen LogP contribution in [0.2, 0.25) is 10.2 Å². The fourth-order valence-corrected chi connectivity index (χ4v) is 2.14. The molecule has 0 saturated carbocycles. The van der Waals surface area contributed by atoms with E-state index in [-0.39, 0.29) is 12.2 Å². The molecule has 0 bridgehead atoms. The Hall–Kier alpha value is -1.32. The lowest BCUT2D eigenvalue weighted by molar-refractivity contribution is 0.0993. The van der Waals surface area contributed by atoms with Crippen LogP contribution in [0.15, 0.2) is 24.3 Å². The Balaban J connectivity index is 2.24. The zero-order valence-corrected chi connectivity index (χ0v) is 11.6. The van der Waals surface area contributed by atoms with E-state index in [9.17, 15) is 4.79 Å². The van der Waals surface area contributed by atoms with E-state index in [1.54, 1.807) is 36.0 Å². The summed E-state index contributed by atoms with van der Waals surface area (Å²) >= 11 is 11.9. The van der Waals surface area contributed by atoms with Crippen molar-refractivity contribution in [1.82, 2.24) is 9.78 Å². The number of hydrogen-bond donors (Lipinski definition) is 0. The topological polar surface area (TPSA) is 34.9 Å². The summed E-state index contributed by atoms with van der Waals surface area (Å²) in [7, 11) is 1.76. The van der Waals surface area contributed by atoms with E-state index < -0.39 is 0 Å². The number of halogens is 2. The molecular formula is C13H12Cl2N2O. The molecule has 1 aromatic heterocycles. The second-order valence-corrected chi connectivity index (χ2v) is 4.88. The van der Waals surface area contributed by atoms with Gasteiger partial charge in [-0.2, -0.15) is 5.10 Å². The van der Waals surface area contributed by atoms with Crippen LogP contribution in [0.5, 0.6) is 0 Å². The number of carbonyl (C=O) groups excluding carboxylic acids is 1. The van der Waals surface area contributed by atoms with E-state index in [0.29, 0.717) is 15.7 Å². The summed E-state index contributed by atoms with van der Waals surface area (Å²) in [5.74, 6) is 0.00432. The highest BCUT2D eigenvalue weighted by Crippen LogP contribution is 2.21. The number of aryl methyl sites for hydroxylation is 2. The number of benzene rings is 1. The van der Waals surface area contributed by atoms with Crippen molar-refractivity contribution in [1.29, 1.82) is 0 Å². The first kappa shape index (κ1) is 13.1. The normalized spacial score (nSPS) is 10.7. The molecule has 0 spiro atoms. The monoisotopic (exact) mass is 282 g/mol. The lowest BCUT2D eigenvalue weighted by Gasteiger charge is -2.01. The fraction of sp³-hybridized carbons (Fsp3) is 0.231. The van der Waals surface area contributed by atoms with E-state index in [0.717, 1.165) is 11.3 Å². The average molecular weight is 283 g/mol. The molecule has 1 heterocycles. The number of carbonyl (C=O) groups is 1. The molecule has 2 rings (SSSR count). The van der Waals surface area contributed by atoms with Crippen LogP contribution in [-0.2, 0) is 13.5 Å². The number of Topliss-reactive ketones (excluding diaryl/α,β-unsaturated/α-hetero) is 1. The van der Waals surface area contributed by atoms with Gasteiger partial charge in [-0.05, 0) is 31.2 Å². The molecule has 94 valence electrons. The van der Waals surface area contributed by atoms with Crippen LogP contribution in [0.1, 0.15) is 21.6 Å². The van der Waals surface area contributed by atoms with Crippen LogP contribution in [0.25, 0.3) is 0 Å². The standard InChI is InChI=1S/C13H12Cl2N2O/c1-8-11(13(15)17(2)16-8)7-12(18)9-3-5-10(14)6-4-9/h3-6H,7H2,1-2H3. The van der Waals surface area contributed by atoms with Crippen molar-refractivity contribution in [3.05, 3.63) is 51.3 Å². The highest BCUT2D eigenvalue weighted by molar-refractivity contribution is 6.31. The smallest absolute Gasteiger partial charge is 0.167 e. The molecule has 0 amide bonds. The number of rotatable bonds is 3. The molecule has 0 aliphatic rings. The summed E-state index contributed by atoms with van der Waals surface area (Å²) in [6.07, 6.45) is 0.250. The Kier molecular flexibility index (Phi) is 3.73. The van der Waals surface area contributed by atoms with Gasteiger partial charge in [0.25, 0.3) is 0 Å². The van der Waals surface area contributed by atoms with Gasteiger partial charge in [0.05, 0.1) is 5.69 Å². The average Bonchev–Trinajstić information content (AvgIpc) is 2.57. The van der Waals surface area contributed by atoms with Crippen LogP contribution in [0.4, 0.5) is 0 Å². The van der Waals surface area contributed by atoms with Crippen LogP contribution < -0.4 is 0 Å². The van der Waals surface area contributed by atoms with E-state index in [4.69, 9.17) is 23.2 Å². The van der Waals surface area contributed by atoms with E-state index in [2.05, 4.69) is 5.10 Å². The highest BCUT2D eigenvalue weighted by Gasteiger charge is 2.15. The molecule has 3 nitrogen and oxygen atoms in total. The third-order valence-electron chi connectivity index (χ3n) is 2.77. The Morgan fingerprint density at radius 1 is 1.28 bits per heavy atom. The molecule has 0 atom stereocenters. The minimum absolute atomic E-state index is 0.00432. The van der Waals surface area contributed by atoms with Gasteiger partial charge in [-0.3, -0.25) is 9.48 Å². The second kappa shape index (κ2) is 5.12. The lowest BCUT2D eigenvalue weighted by atomic mass is 10.0. The molecule has 0 fully saturated rings. The molecule has 1 aromatic carbocycles. The van der Waals surface area contributed by atoms with Crippen molar-refractivity contribution in [2.75, 3.05) is 0 Å². The van der Waals surface area contributed by atoms with Crippen molar-refractivity contribution < 1.29 is 4.79 Å². The number of aromatic nitrogens is 2. The van der Waals surface area contributed by atoms with Crippen LogP contribution in [0.3, 0.4) is 0 Å². The van der Waals surface area contributed by atoms with Gasteiger partial charge in [0.2, 0.25) is 0 Å². The Labute approximate surface area is 115 Å². The summed E-state index contributed by atoms with van der Waals surface area (Å²) in [6, 6.07) is 6.83. The molecule has 0 aliphatic heterocycles. The highest BCUT2D eigenvalue weighted by atomic mass is 35.5. The van der Waals surface area contributed by atoms with Gasteiger partial charge < -0.3 is 0 Å². The van der Waals surface area contributed by atoms with Crippen molar-refractivity contribution >= 4 is 29.0 Å². The summed E-state index contributed by atoms with van der Waals surface area (Å²) in [5, 5.41) is 5.31. The second-order valence-electron chi connectivity index (χ2n) is 4.09. The molecule has 0 unspecified atom stereocenters. The first-order valence-corrected chi connectivity index (χ1v) is 6.21. The minimum Gasteiger partial charge on any atom is -0.294 e.